The predicted molar refractivity (Wildman–Crippen MR) is 204 cm³/mol. The maximum absolute atomic E-state index is 12.0. The Balaban J connectivity index is 0.00000117. The number of hydrogen-bond donors (Lipinski definition) is 1. The van der Waals surface area contributed by atoms with Gasteiger partial charge in [0.25, 0.3) is 0 Å². The van der Waals surface area contributed by atoms with Crippen molar-refractivity contribution in [3.05, 3.63) is 54.1 Å². The standard InChI is InChI=1S/C41H62N2O2S.CO2.CH4/c1-29(2)31-15-20-41(42-23-24-43-25-27-46(44,45)28-26-43)22-21-39(6)33(36(31)41)13-14-35-38(5)18-16-32(30-11-9-8-10-12-30)37(3,4)34(38)17-19-40(35,39)7;2-1-3;/h8-12,16,31,33-36,42H,1,13-15,17-28H2,2-7H3;;1H4/t31-,33+,34-,35+,36+,38-,39+,40+,41-;;/m0../s1. The molecule has 0 spiro atoms. The number of sulfone groups is 1. The average molecular weight is 707 g/mol. The second-order valence-corrected chi connectivity index (χ2v) is 20.6. The van der Waals surface area contributed by atoms with E-state index in [2.05, 4.69) is 94.7 Å². The van der Waals surface area contributed by atoms with Crippen LogP contribution in [0.15, 0.2) is 48.6 Å². The molecule has 50 heavy (non-hydrogen) atoms. The van der Waals surface area contributed by atoms with Crippen LogP contribution in [0.4, 0.5) is 0 Å². The van der Waals surface area contributed by atoms with Crippen LogP contribution in [0, 0.1) is 51.2 Å². The van der Waals surface area contributed by atoms with Crippen molar-refractivity contribution in [2.24, 2.45) is 51.2 Å². The molecular weight excluding hydrogens is 641 g/mol. The van der Waals surface area contributed by atoms with Crippen molar-refractivity contribution in [3.8, 4) is 0 Å². The maximum atomic E-state index is 12.0. The summed E-state index contributed by atoms with van der Waals surface area (Å²) >= 11 is 0. The second kappa shape index (κ2) is 14.1. The molecule has 4 saturated carbocycles. The normalized spacial score (nSPS) is 41.2. The zero-order chi connectivity index (χ0) is 35.5. The number of carbonyl (C=O) groups excluding carboxylic acids is 2. The SMILES string of the molecule is C.C=C(C)[C@@H]1CC[C@]2(NCCN3CCS(=O)(=O)CC3)CC[C@]3(C)[C@H](CC[C@@H]4[C@@]5(C)CC=C(c6ccccc6)C(C)(C)[C@@H]5CC[C@]43C)[C@@H]12.O=C=O. The summed E-state index contributed by atoms with van der Waals surface area (Å²) in [5.41, 5.74) is 5.79. The number of nitrogens with one attached hydrogen (secondary N) is 1. The smallest absolute Gasteiger partial charge is 0.310 e. The molecular formula is C43H66N2O4S. The molecule has 7 heteroatoms. The van der Waals surface area contributed by atoms with Crippen LogP contribution in [0.3, 0.4) is 0 Å². The molecule has 1 N–H and O–H groups in total. The predicted octanol–water partition coefficient (Wildman–Crippen LogP) is 8.46. The third kappa shape index (κ3) is 6.24. The van der Waals surface area contributed by atoms with Crippen molar-refractivity contribution < 1.29 is 18.0 Å². The lowest BCUT2D eigenvalue weighted by Gasteiger charge is -2.72. The van der Waals surface area contributed by atoms with E-state index in [0.29, 0.717) is 58.6 Å². The number of rotatable bonds is 6. The average Bonchev–Trinajstić information content (AvgIpc) is 3.43. The fourth-order valence-corrected chi connectivity index (χ4v) is 14.9. The maximum Gasteiger partial charge on any atom is 0.373 e. The highest BCUT2D eigenvalue weighted by Gasteiger charge is 2.70. The molecule has 0 unspecified atom stereocenters. The van der Waals surface area contributed by atoms with Crippen molar-refractivity contribution in [3.63, 3.8) is 0 Å². The van der Waals surface area contributed by atoms with Crippen molar-refractivity contribution in [2.75, 3.05) is 37.7 Å². The molecule has 5 fully saturated rings. The van der Waals surface area contributed by atoms with Gasteiger partial charge in [-0.2, -0.15) is 9.59 Å². The van der Waals surface area contributed by atoms with Gasteiger partial charge in [0.15, 0.2) is 9.84 Å². The highest BCUT2D eigenvalue weighted by Crippen LogP contribution is 2.76. The van der Waals surface area contributed by atoms with Gasteiger partial charge in [-0.3, -0.25) is 0 Å². The monoisotopic (exact) mass is 706 g/mol. The molecule has 1 saturated heterocycles. The van der Waals surface area contributed by atoms with Gasteiger partial charge in [0.05, 0.1) is 11.5 Å². The summed E-state index contributed by atoms with van der Waals surface area (Å²) in [4.78, 5) is 18.6. The van der Waals surface area contributed by atoms with E-state index < -0.39 is 9.84 Å². The van der Waals surface area contributed by atoms with Gasteiger partial charge in [-0.1, -0.05) is 90.6 Å². The van der Waals surface area contributed by atoms with E-state index in [1.807, 2.05) is 0 Å². The van der Waals surface area contributed by atoms with Crippen LogP contribution in [0.1, 0.15) is 112 Å². The highest BCUT2D eigenvalue weighted by atomic mass is 32.2. The van der Waals surface area contributed by atoms with E-state index in [9.17, 15) is 8.42 Å². The summed E-state index contributed by atoms with van der Waals surface area (Å²) in [5.74, 6) is 4.09. The van der Waals surface area contributed by atoms with E-state index in [0.717, 1.165) is 24.9 Å². The number of nitrogens with zero attached hydrogens (tertiary/aromatic N) is 1. The molecule has 0 bridgehead atoms. The molecule has 0 amide bonds. The lowest BCUT2D eigenvalue weighted by Crippen LogP contribution is -2.68. The van der Waals surface area contributed by atoms with E-state index in [1.165, 1.54) is 68.9 Å². The Morgan fingerprint density at radius 2 is 1.56 bits per heavy atom. The van der Waals surface area contributed by atoms with Gasteiger partial charge < -0.3 is 10.2 Å². The first-order chi connectivity index (χ1) is 23.1. The molecule has 9 atom stereocenters. The molecule has 6 nitrogen and oxygen atoms in total. The fourth-order valence-electron chi connectivity index (χ4n) is 13.6. The van der Waals surface area contributed by atoms with E-state index in [-0.39, 0.29) is 24.5 Å². The molecule has 1 aliphatic heterocycles. The first-order valence-corrected chi connectivity index (χ1v) is 21.0. The van der Waals surface area contributed by atoms with Gasteiger partial charge in [-0.05, 0) is 127 Å². The summed E-state index contributed by atoms with van der Waals surface area (Å²) in [6, 6.07) is 11.2. The van der Waals surface area contributed by atoms with Crippen LogP contribution in [0.5, 0.6) is 0 Å². The summed E-state index contributed by atoms with van der Waals surface area (Å²) < 4.78 is 24.0. The minimum atomic E-state index is -2.84. The minimum absolute atomic E-state index is 0. The number of hydrogen-bond acceptors (Lipinski definition) is 6. The Morgan fingerprint density at radius 3 is 2.20 bits per heavy atom. The van der Waals surface area contributed by atoms with Crippen molar-refractivity contribution >= 4 is 21.6 Å². The van der Waals surface area contributed by atoms with Crippen molar-refractivity contribution in [1.29, 1.82) is 0 Å². The Labute approximate surface area is 304 Å². The molecule has 5 aliphatic carbocycles. The molecule has 6 aliphatic rings. The van der Waals surface area contributed by atoms with Crippen LogP contribution in [0.2, 0.25) is 0 Å². The molecule has 0 aromatic heterocycles. The Morgan fingerprint density at radius 1 is 0.900 bits per heavy atom. The first kappa shape index (κ1) is 39.2. The topological polar surface area (TPSA) is 83.6 Å². The van der Waals surface area contributed by atoms with Crippen LogP contribution in [0.25, 0.3) is 5.57 Å². The molecule has 7 rings (SSSR count). The third-order valence-electron chi connectivity index (χ3n) is 16.1. The van der Waals surface area contributed by atoms with E-state index in [4.69, 9.17) is 9.59 Å². The minimum Gasteiger partial charge on any atom is -0.310 e. The molecule has 278 valence electrons. The van der Waals surface area contributed by atoms with Crippen LogP contribution in [-0.2, 0) is 19.4 Å². The van der Waals surface area contributed by atoms with Gasteiger partial charge in [-0.15, -0.1) is 0 Å². The van der Waals surface area contributed by atoms with Gasteiger partial charge in [0, 0.05) is 31.7 Å². The zero-order valence-electron chi connectivity index (χ0n) is 31.2. The molecule has 1 heterocycles. The third-order valence-corrected chi connectivity index (χ3v) is 17.7. The summed E-state index contributed by atoms with van der Waals surface area (Å²) in [7, 11) is -2.84. The Kier molecular flexibility index (Phi) is 11.0. The van der Waals surface area contributed by atoms with Crippen molar-refractivity contribution in [1.82, 2.24) is 10.2 Å². The molecule has 1 aromatic carbocycles. The van der Waals surface area contributed by atoms with E-state index in [1.54, 1.807) is 5.57 Å². The lowest BCUT2D eigenvalue weighted by atomic mass is 9.33. The van der Waals surface area contributed by atoms with E-state index >= 15 is 0 Å². The van der Waals surface area contributed by atoms with Gasteiger partial charge in [0.1, 0.15) is 0 Å². The number of benzene rings is 1. The Bertz CT molecular complexity index is 1570. The fraction of sp³-hybridized carbons (Fsp3) is 0.744. The van der Waals surface area contributed by atoms with Gasteiger partial charge >= 0.3 is 6.15 Å². The van der Waals surface area contributed by atoms with Crippen molar-refractivity contribution in [2.45, 2.75) is 112 Å². The van der Waals surface area contributed by atoms with Gasteiger partial charge in [-0.25, -0.2) is 8.42 Å². The highest BCUT2D eigenvalue weighted by molar-refractivity contribution is 7.91. The number of fused-ring (bicyclic) bond motifs is 7. The quantitative estimate of drug-likeness (QED) is 0.299. The summed E-state index contributed by atoms with van der Waals surface area (Å²) in [6.07, 6.45) is 14.7. The van der Waals surface area contributed by atoms with Crippen LogP contribution in [-0.4, -0.2) is 62.7 Å². The van der Waals surface area contributed by atoms with Crippen LogP contribution >= 0.6 is 0 Å². The number of allylic oxidation sites excluding steroid dienone is 3. The summed E-state index contributed by atoms with van der Waals surface area (Å²) in [6.45, 7) is 23.5. The second-order valence-electron chi connectivity index (χ2n) is 18.3. The molecule has 1 aromatic rings. The first-order valence-electron chi connectivity index (χ1n) is 19.2. The van der Waals surface area contributed by atoms with Gasteiger partial charge in [0.2, 0.25) is 0 Å². The Hall–Kier alpha value is -2.05. The lowest BCUT2D eigenvalue weighted by molar-refractivity contribution is -0.219. The zero-order valence-corrected chi connectivity index (χ0v) is 32.0. The molecule has 0 radical (unpaired) electrons. The van der Waals surface area contributed by atoms with Crippen LogP contribution < -0.4 is 5.32 Å². The summed E-state index contributed by atoms with van der Waals surface area (Å²) in [5, 5.41) is 4.23. The largest absolute Gasteiger partial charge is 0.373 e.